The number of piperidine rings is 1. The molecule has 7 heteroatoms. The zero-order valence-corrected chi connectivity index (χ0v) is 19.1. The highest BCUT2D eigenvalue weighted by Gasteiger charge is 2.27. The zero-order chi connectivity index (χ0) is 22.7. The van der Waals surface area contributed by atoms with Crippen LogP contribution in [0.3, 0.4) is 0 Å². The molecule has 1 aromatic heterocycles. The maximum absolute atomic E-state index is 13.0. The minimum absolute atomic E-state index is 0.0224. The molecule has 2 heterocycles. The number of amides is 1. The standard InChI is InChI=1S/C25H27ClN4O2/c1-3-18-7-4-5-9-22(18)27-25(32)19-8-6-14-29(16-19)23-12-13-24(31)30(28-23)20-11-10-17(2)21(26)15-20/h4-5,7,9-13,15,19H,3,6,8,14,16H2,1-2H3,(H,27,32)/t19-/m0/s1. The topological polar surface area (TPSA) is 67.2 Å². The SMILES string of the molecule is CCc1ccccc1NC(=O)[C@H]1CCCN(c2ccc(=O)n(-c3ccc(C)c(Cl)c3)n2)C1. The van der Waals surface area contributed by atoms with E-state index < -0.39 is 0 Å². The van der Waals surface area contributed by atoms with Crippen LogP contribution in [-0.2, 0) is 11.2 Å². The van der Waals surface area contributed by atoms with Gasteiger partial charge in [-0.3, -0.25) is 9.59 Å². The summed E-state index contributed by atoms with van der Waals surface area (Å²) in [7, 11) is 0. The van der Waals surface area contributed by atoms with Gasteiger partial charge in [0.1, 0.15) is 5.82 Å². The molecule has 1 fully saturated rings. The molecular formula is C25H27ClN4O2. The molecule has 2 aromatic carbocycles. The number of hydrogen-bond donors (Lipinski definition) is 1. The van der Waals surface area contributed by atoms with Gasteiger partial charge in [0.2, 0.25) is 5.91 Å². The molecule has 1 aliphatic heterocycles. The highest BCUT2D eigenvalue weighted by atomic mass is 35.5. The Hall–Kier alpha value is -3.12. The number of halogens is 1. The molecule has 0 saturated carbocycles. The second-order valence-electron chi connectivity index (χ2n) is 8.16. The number of hydrogen-bond acceptors (Lipinski definition) is 4. The summed E-state index contributed by atoms with van der Waals surface area (Å²) < 4.78 is 1.36. The van der Waals surface area contributed by atoms with Gasteiger partial charge in [-0.15, -0.1) is 5.10 Å². The van der Waals surface area contributed by atoms with Gasteiger partial charge in [-0.25, -0.2) is 0 Å². The number of nitrogens with zero attached hydrogens (tertiary/aromatic N) is 3. The summed E-state index contributed by atoms with van der Waals surface area (Å²) in [4.78, 5) is 27.5. The van der Waals surface area contributed by atoms with E-state index in [0.717, 1.165) is 42.6 Å². The smallest absolute Gasteiger partial charge is 0.271 e. The summed E-state index contributed by atoms with van der Waals surface area (Å²) in [6, 6.07) is 16.6. The summed E-state index contributed by atoms with van der Waals surface area (Å²) >= 11 is 6.25. The normalized spacial score (nSPS) is 16.1. The molecule has 6 nitrogen and oxygen atoms in total. The van der Waals surface area contributed by atoms with Gasteiger partial charge >= 0.3 is 0 Å². The minimum atomic E-state index is -0.226. The van der Waals surface area contributed by atoms with Gasteiger partial charge in [0.15, 0.2) is 0 Å². The van der Waals surface area contributed by atoms with Crippen molar-refractivity contribution in [2.24, 2.45) is 5.92 Å². The largest absolute Gasteiger partial charge is 0.354 e. The average Bonchev–Trinajstić information content (AvgIpc) is 2.81. The number of aromatic nitrogens is 2. The Morgan fingerprint density at radius 3 is 2.78 bits per heavy atom. The first-order valence-electron chi connectivity index (χ1n) is 11.0. The number of rotatable bonds is 5. The molecule has 1 amide bonds. The van der Waals surface area contributed by atoms with Crippen molar-refractivity contribution >= 4 is 29.0 Å². The van der Waals surface area contributed by atoms with Crippen LogP contribution in [0, 0.1) is 12.8 Å². The van der Waals surface area contributed by atoms with Gasteiger partial charge in [0, 0.05) is 29.9 Å². The van der Waals surface area contributed by atoms with Crippen LogP contribution in [0.1, 0.15) is 30.9 Å². The fourth-order valence-electron chi connectivity index (χ4n) is 4.05. The molecule has 0 spiro atoms. The molecule has 1 N–H and O–H groups in total. The fraction of sp³-hybridized carbons (Fsp3) is 0.320. The number of nitrogens with one attached hydrogen (secondary N) is 1. The van der Waals surface area contributed by atoms with Crippen LogP contribution >= 0.6 is 11.6 Å². The first kappa shape index (κ1) is 22.1. The first-order valence-corrected chi connectivity index (χ1v) is 11.3. The fourth-order valence-corrected chi connectivity index (χ4v) is 4.23. The monoisotopic (exact) mass is 450 g/mol. The lowest BCUT2D eigenvalue weighted by atomic mass is 9.96. The Morgan fingerprint density at radius 2 is 2.00 bits per heavy atom. The van der Waals surface area contributed by atoms with Gasteiger partial charge < -0.3 is 10.2 Å². The molecular weight excluding hydrogens is 424 g/mol. The molecule has 0 radical (unpaired) electrons. The third-order valence-electron chi connectivity index (χ3n) is 5.96. The van der Waals surface area contributed by atoms with E-state index in [1.807, 2.05) is 43.3 Å². The van der Waals surface area contributed by atoms with Crippen LogP contribution in [0.4, 0.5) is 11.5 Å². The molecule has 32 heavy (non-hydrogen) atoms. The molecule has 1 aliphatic rings. The van der Waals surface area contributed by atoms with Crippen LogP contribution in [0.25, 0.3) is 5.69 Å². The van der Waals surface area contributed by atoms with E-state index >= 15 is 0 Å². The summed E-state index contributed by atoms with van der Waals surface area (Å²) in [6.07, 6.45) is 2.57. The van der Waals surface area contributed by atoms with E-state index in [1.165, 1.54) is 10.7 Å². The van der Waals surface area contributed by atoms with Gasteiger partial charge in [-0.2, -0.15) is 4.68 Å². The number of aryl methyl sites for hydroxylation is 2. The van der Waals surface area contributed by atoms with Gasteiger partial charge in [0.25, 0.3) is 5.56 Å². The van der Waals surface area contributed by atoms with Crippen molar-refractivity contribution in [2.75, 3.05) is 23.3 Å². The molecule has 166 valence electrons. The summed E-state index contributed by atoms with van der Waals surface area (Å²) in [6.45, 7) is 5.33. The molecule has 0 aliphatic carbocycles. The van der Waals surface area contributed by atoms with Crippen LogP contribution in [0.15, 0.2) is 59.4 Å². The third kappa shape index (κ3) is 4.70. The Morgan fingerprint density at radius 1 is 1.19 bits per heavy atom. The van der Waals surface area contributed by atoms with Crippen molar-refractivity contribution in [3.8, 4) is 5.69 Å². The van der Waals surface area contributed by atoms with E-state index in [1.54, 1.807) is 12.1 Å². The van der Waals surface area contributed by atoms with Crippen LogP contribution in [-0.4, -0.2) is 28.8 Å². The zero-order valence-electron chi connectivity index (χ0n) is 18.3. The number of carbonyl (C=O) groups excluding carboxylic acids is 1. The Bertz CT molecular complexity index is 1190. The highest BCUT2D eigenvalue weighted by molar-refractivity contribution is 6.31. The minimum Gasteiger partial charge on any atom is -0.354 e. The van der Waals surface area contributed by atoms with E-state index in [-0.39, 0.29) is 17.4 Å². The van der Waals surface area contributed by atoms with Crippen molar-refractivity contribution < 1.29 is 4.79 Å². The molecule has 0 unspecified atom stereocenters. The van der Waals surface area contributed by atoms with Gasteiger partial charge in [-0.1, -0.05) is 42.8 Å². The maximum atomic E-state index is 13.0. The van der Waals surface area contributed by atoms with Crippen molar-refractivity contribution in [3.63, 3.8) is 0 Å². The van der Waals surface area contributed by atoms with Crippen LogP contribution in [0.5, 0.6) is 0 Å². The lowest BCUT2D eigenvalue weighted by Gasteiger charge is -2.33. The number of anilines is 2. The molecule has 3 aromatic rings. The summed E-state index contributed by atoms with van der Waals surface area (Å²) in [5.41, 5.74) is 3.33. The maximum Gasteiger partial charge on any atom is 0.271 e. The Labute approximate surface area is 192 Å². The van der Waals surface area contributed by atoms with Crippen LogP contribution in [0.2, 0.25) is 5.02 Å². The third-order valence-corrected chi connectivity index (χ3v) is 6.37. The summed E-state index contributed by atoms with van der Waals surface area (Å²) in [5, 5.41) is 8.27. The molecule has 1 saturated heterocycles. The molecule has 4 rings (SSSR count). The average molecular weight is 451 g/mol. The Kier molecular flexibility index (Phi) is 6.61. The Balaban J connectivity index is 1.54. The highest BCUT2D eigenvalue weighted by Crippen LogP contribution is 2.24. The summed E-state index contributed by atoms with van der Waals surface area (Å²) in [5.74, 6) is 0.548. The van der Waals surface area contributed by atoms with Gasteiger partial charge in [-0.05, 0) is 61.6 Å². The molecule has 1 atom stereocenters. The van der Waals surface area contributed by atoms with Crippen molar-refractivity contribution in [2.45, 2.75) is 33.1 Å². The predicted octanol–water partition coefficient (Wildman–Crippen LogP) is 4.61. The molecule has 0 bridgehead atoms. The van der Waals surface area contributed by atoms with E-state index in [0.29, 0.717) is 23.1 Å². The number of carbonyl (C=O) groups is 1. The second-order valence-corrected chi connectivity index (χ2v) is 8.57. The first-order chi connectivity index (χ1) is 15.5. The predicted molar refractivity (Wildman–Crippen MR) is 129 cm³/mol. The van der Waals surface area contributed by atoms with Gasteiger partial charge in [0.05, 0.1) is 11.6 Å². The lowest BCUT2D eigenvalue weighted by molar-refractivity contribution is -0.120. The van der Waals surface area contributed by atoms with Crippen LogP contribution < -0.4 is 15.8 Å². The van der Waals surface area contributed by atoms with Crippen molar-refractivity contribution in [1.29, 1.82) is 0 Å². The van der Waals surface area contributed by atoms with Crippen molar-refractivity contribution in [3.05, 3.63) is 81.1 Å². The lowest BCUT2D eigenvalue weighted by Crippen LogP contribution is -2.42. The quantitative estimate of drug-likeness (QED) is 0.616. The van der Waals surface area contributed by atoms with E-state index in [4.69, 9.17) is 11.6 Å². The number of benzene rings is 2. The van der Waals surface area contributed by atoms with Crippen molar-refractivity contribution in [1.82, 2.24) is 9.78 Å². The second kappa shape index (κ2) is 9.57. The van der Waals surface area contributed by atoms with E-state index in [9.17, 15) is 9.59 Å². The number of para-hydroxylation sites is 1. The van der Waals surface area contributed by atoms with E-state index in [2.05, 4.69) is 22.2 Å².